The Hall–Kier alpha value is -4.15. The van der Waals surface area contributed by atoms with Crippen molar-refractivity contribution in [3.05, 3.63) is 84.3 Å². The first-order valence-electron chi connectivity index (χ1n) is 12.4. The fraction of sp³-hybridized carbons (Fsp3) is 0.276. The molecule has 1 saturated heterocycles. The predicted molar refractivity (Wildman–Crippen MR) is 143 cm³/mol. The lowest BCUT2D eigenvalue weighted by Gasteiger charge is -2.33. The quantitative estimate of drug-likeness (QED) is 0.381. The Bertz CT molecular complexity index is 1380. The van der Waals surface area contributed by atoms with Crippen molar-refractivity contribution in [2.45, 2.75) is 32.4 Å². The molecule has 0 saturated carbocycles. The van der Waals surface area contributed by atoms with Crippen LogP contribution in [0.4, 0.5) is 5.82 Å². The van der Waals surface area contributed by atoms with Gasteiger partial charge in [-0.3, -0.25) is 0 Å². The van der Waals surface area contributed by atoms with E-state index >= 15 is 0 Å². The zero-order chi connectivity index (χ0) is 24.9. The molecule has 1 aliphatic heterocycles. The summed E-state index contributed by atoms with van der Waals surface area (Å²) in [7, 11) is 0. The van der Waals surface area contributed by atoms with Gasteiger partial charge in [-0.1, -0.05) is 36.9 Å². The third-order valence-electron chi connectivity index (χ3n) is 6.71. The average molecular weight is 479 g/mol. The van der Waals surface area contributed by atoms with E-state index in [1.54, 1.807) is 16.9 Å². The van der Waals surface area contributed by atoms with Gasteiger partial charge in [-0.15, -0.1) is 0 Å². The molecule has 1 aromatic carbocycles. The van der Waals surface area contributed by atoms with Gasteiger partial charge in [0.1, 0.15) is 17.6 Å². The van der Waals surface area contributed by atoms with Crippen molar-refractivity contribution in [3.63, 3.8) is 0 Å². The number of hydrogen-bond acceptors (Lipinski definition) is 6. The van der Waals surface area contributed by atoms with E-state index < -0.39 is 0 Å². The van der Waals surface area contributed by atoms with Gasteiger partial charge in [-0.2, -0.15) is 10.4 Å². The third kappa shape index (κ3) is 4.95. The standard InChI is InChI=1S/C29H30N6O/c1-3-21-5-7-22(8-6-21)17-31-25-11-13-34(14-12-25)28-10-9-23(18-32-28)27-15-26(36-4-2)20-35-29(27)24(16-30)19-33-35/h3,5-10,15,18-20,25,31H,1,4,11-14,17H2,2H3. The summed E-state index contributed by atoms with van der Waals surface area (Å²) in [4.78, 5) is 7.12. The molecule has 3 aromatic heterocycles. The Morgan fingerprint density at radius 3 is 2.64 bits per heavy atom. The second-order valence-corrected chi connectivity index (χ2v) is 8.98. The number of piperidine rings is 1. The SMILES string of the molecule is C=Cc1ccc(CNC2CCN(c3ccc(-c4cc(OCC)cn5ncc(C#N)c45)cn3)CC2)cc1. The first-order chi connectivity index (χ1) is 17.7. The lowest BCUT2D eigenvalue weighted by Crippen LogP contribution is -2.42. The van der Waals surface area contributed by atoms with E-state index in [0.29, 0.717) is 24.0 Å². The van der Waals surface area contributed by atoms with Gasteiger partial charge >= 0.3 is 0 Å². The van der Waals surface area contributed by atoms with Crippen LogP contribution in [0.15, 0.2) is 67.6 Å². The number of benzene rings is 1. The van der Waals surface area contributed by atoms with Gasteiger partial charge in [0.05, 0.1) is 30.1 Å². The number of pyridine rings is 2. The van der Waals surface area contributed by atoms with Gasteiger partial charge in [0.15, 0.2) is 0 Å². The van der Waals surface area contributed by atoms with Gasteiger partial charge in [0.25, 0.3) is 0 Å². The molecule has 1 fully saturated rings. The van der Waals surface area contributed by atoms with Crippen LogP contribution in [0, 0.1) is 11.3 Å². The van der Waals surface area contributed by atoms with Crippen molar-refractivity contribution < 1.29 is 4.74 Å². The van der Waals surface area contributed by atoms with E-state index in [9.17, 15) is 5.26 Å². The summed E-state index contributed by atoms with van der Waals surface area (Å²) in [6, 6.07) is 17.4. The highest BCUT2D eigenvalue weighted by Gasteiger charge is 2.20. The smallest absolute Gasteiger partial charge is 0.138 e. The highest BCUT2D eigenvalue weighted by atomic mass is 16.5. The molecule has 7 nitrogen and oxygen atoms in total. The minimum atomic E-state index is 0.500. The van der Waals surface area contributed by atoms with Gasteiger partial charge < -0.3 is 15.0 Å². The molecule has 1 N–H and O–H groups in total. The summed E-state index contributed by atoms with van der Waals surface area (Å²) in [5.74, 6) is 1.69. The van der Waals surface area contributed by atoms with E-state index in [2.05, 4.69) is 64.4 Å². The van der Waals surface area contributed by atoms with Crippen LogP contribution in [0.1, 0.15) is 36.5 Å². The monoisotopic (exact) mass is 478 g/mol. The van der Waals surface area contributed by atoms with Gasteiger partial charge in [0.2, 0.25) is 0 Å². The van der Waals surface area contributed by atoms with Crippen molar-refractivity contribution in [2.75, 3.05) is 24.6 Å². The molecule has 0 bridgehead atoms. The molecule has 36 heavy (non-hydrogen) atoms. The van der Waals surface area contributed by atoms with Crippen LogP contribution in [0.3, 0.4) is 0 Å². The highest BCUT2D eigenvalue weighted by Crippen LogP contribution is 2.31. The molecule has 4 heterocycles. The summed E-state index contributed by atoms with van der Waals surface area (Å²) in [6.45, 7) is 9.12. The van der Waals surface area contributed by atoms with Crippen molar-refractivity contribution >= 4 is 17.4 Å². The molecule has 0 atom stereocenters. The van der Waals surface area contributed by atoms with Gasteiger partial charge in [-0.25, -0.2) is 9.50 Å². The summed E-state index contributed by atoms with van der Waals surface area (Å²) >= 11 is 0. The zero-order valence-electron chi connectivity index (χ0n) is 20.5. The third-order valence-corrected chi connectivity index (χ3v) is 6.71. The average Bonchev–Trinajstić information content (AvgIpc) is 3.35. The van der Waals surface area contributed by atoms with Crippen LogP contribution in [0.25, 0.3) is 22.7 Å². The fourth-order valence-electron chi connectivity index (χ4n) is 4.72. The van der Waals surface area contributed by atoms with Gasteiger partial charge in [-0.05, 0) is 49.1 Å². The lowest BCUT2D eigenvalue weighted by atomic mass is 10.0. The highest BCUT2D eigenvalue weighted by molar-refractivity contribution is 5.85. The molecule has 1 aliphatic rings. The Morgan fingerprint density at radius 1 is 1.17 bits per heavy atom. The second kappa shape index (κ2) is 10.6. The summed E-state index contributed by atoms with van der Waals surface area (Å²) in [6.07, 6.45) is 9.29. The lowest BCUT2D eigenvalue weighted by molar-refractivity contribution is 0.338. The van der Waals surface area contributed by atoms with Gasteiger partial charge in [0, 0.05) is 43.0 Å². The maximum atomic E-state index is 9.56. The molecule has 0 amide bonds. The molecule has 0 unspecified atom stereocenters. The number of nitrogens with zero attached hydrogens (tertiary/aromatic N) is 5. The van der Waals surface area contributed by atoms with Crippen LogP contribution >= 0.6 is 0 Å². The maximum Gasteiger partial charge on any atom is 0.138 e. The molecule has 0 spiro atoms. The van der Waals surface area contributed by atoms with Crippen molar-refractivity contribution in [3.8, 4) is 22.9 Å². The largest absolute Gasteiger partial charge is 0.492 e. The summed E-state index contributed by atoms with van der Waals surface area (Å²) in [5.41, 5.74) is 5.55. The van der Waals surface area contributed by atoms with Crippen LogP contribution < -0.4 is 15.0 Å². The van der Waals surface area contributed by atoms with E-state index in [1.165, 1.54) is 5.56 Å². The number of nitrogens with one attached hydrogen (secondary N) is 1. The molecule has 7 heteroatoms. The molecule has 182 valence electrons. The predicted octanol–water partition coefficient (Wildman–Crippen LogP) is 5.07. The molecular formula is C29H30N6O. The number of aromatic nitrogens is 3. The normalized spacial score (nSPS) is 14.1. The first kappa shape index (κ1) is 23.6. The first-order valence-corrected chi connectivity index (χ1v) is 12.4. The molecule has 4 aromatic rings. The maximum absolute atomic E-state index is 9.56. The molecule has 5 rings (SSSR count). The Morgan fingerprint density at radius 2 is 1.97 bits per heavy atom. The van der Waals surface area contributed by atoms with Crippen LogP contribution in [0.2, 0.25) is 0 Å². The number of ether oxygens (including phenoxy) is 1. The summed E-state index contributed by atoms with van der Waals surface area (Å²) < 4.78 is 7.43. The van der Waals surface area contributed by atoms with Crippen LogP contribution in [-0.4, -0.2) is 40.3 Å². The number of anilines is 1. The Kier molecular flexibility index (Phi) is 6.96. The van der Waals surface area contributed by atoms with E-state index in [-0.39, 0.29) is 0 Å². The number of fused-ring (bicyclic) bond motifs is 1. The van der Waals surface area contributed by atoms with Crippen molar-refractivity contribution in [1.82, 2.24) is 19.9 Å². The fourth-order valence-corrected chi connectivity index (χ4v) is 4.72. The van der Waals surface area contributed by atoms with E-state index in [4.69, 9.17) is 9.72 Å². The number of hydrogen-bond donors (Lipinski definition) is 1. The molecule has 0 radical (unpaired) electrons. The number of rotatable bonds is 8. The van der Waals surface area contributed by atoms with Crippen LogP contribution in [-0.2, 0) is 6.54 Å². The minimum Gasteiger partial charge on any atom is -0.492 e. The Balaban J connectivity index is 1.25. The number of nitriles is 1. The van der Waals surface area contributed by atoms with Crippen molar-refractivity contribution in [1.29, 1.82) is 5.26 Å². The molecule has 0 aliphatic carbocycles. The van der Waals surface area contributed by atoms with Crippen molar-refractivity contribution in [2.24, 2.45) is 0 Å². The van der Waals surface area contributed by atoms with E-state index in [1.807, 2.05) is 25.3 Å². The minimum absolute atomic E-state index is 0.500. The van der Waals surface area contributed by atoms with E-state index in [0.717, 1.165) is 60.5 Å². The summed E-state index contributed by atoms with van der Waals surface area (Å²) in [5, 5.41) is 17.6. The Labute approximate surface area is 211 Å². The van der Waals surface area contributed by atoms with Crippen LogP contribution in [0.5, 0.6) is 5.75 Å². The molecular weight excluding hydrogens is 448 g/mol. The zero-order valence-corrected chi connectivity index (χ0v) is 20.5. The topological polar surface area (TPSA) is 78.5 Å². The second-order valence-electron chi connectivity index (χ2n) is 8.98.